The zero-order valence-electron chi connectivity index (χ0n) is 9.24. The number of nitrogens with one attached hydrogen (secondary N) is 1. The van der Waals surface area contributed by atoms with Gasteiger partial charge in [0.15, 0.2) is 0 Å². The van der Waals surface area contributed by atoms with Crippen LogP contribution in [0.4, 0.5) is 5.95 Å². The van der Waals surface area contributed by atoms with Gasteiger partial charge in [0.2, 0.25) is 11.8 Å². The second-order valence-corrected chi connectivity index (χ2v) is 3.40. The number of aryl methyl sites for hydroxylation is 1. The Morgan fingerprint density at radius 3 is 2.87 bits per heavy atom. The van der Waals surface area contributed by atoms with Crippen LogP contribution in [0.2, 0.25) is 0 Å². The number of hydrogen-bond donors (Lipinski definition) is 1. The fourth-order valence-electron chi connectivity index (χ4n) is 1.05. The zero-order valence-corrected chi connectivity index (χ0v) is 9.24. The van der Waals surface area contributed by atoms with Gasteiger partial charge in [-0.15, -0.1) is 6.42 Å². The maximum Gasteiger partial charge on any atom is 0.226 e. The van der Waals surface area contributed by atoms with Gasteiger partial charge in [-0.2, -0.15) is 4.98 Å². The Morgan fingerprint density at radius 2 is 2.27 bits per heavy atom. The first-order valence-electron chi connectivity index (χ1n) is 4.81. The summed E-state index contributed by atoms with van der Waals surface area (Å²) in [5, 5.41) is 2.91. The number of nitrogens with zero attached hydrogens (tertiary/aromatic N) is 2. The monoisotopic (exact) mass is 205 g/mol. The van der Waals surface area contributed by atoms with Crippen LogP contribution in [0, 0.1) is 19.3 Å². The lowest BCUT2D eigenvalue weighted by molar-refractivity contribution is 0.232. The fraction of sp³-hybridized carbons (Fsp3) is 0.455. The third-order valence-electron chi connectivity index (χ3n) is 1.54. The average Bonchev–Trinajstić information content (AvgIpc) is 2.12. The Hall–Kier alpha value is -1.76. The Morgan fingerprint density at radius 1 is 1.53 bits per heavy atom. The van der Waals surface area contributed by atoms with E-state index < -0.39 is 0 Å². The predicted octanol–water partition coefficient (Wildman–Crippen LogP) is 1.62. The van der Waals surface area contributed by atoms with Gasteiger partial charge in [-0.1, -0.05) is 5.92 Å². The molecular weight excluding hydrogens is 190 g/mol. The lowest BCUT2D eigenvalue weighted by Crippen LogP contribution is -2.10. The summed E-state index contributed by atoms with van der Waals surface area (Å²) in [5.74, 6) is 3.53. The van der Waals surface area contributed by atoms with Crippen LogP contribution in [-0.2, 0) is 0 Å². The van der Waals surface area contributed by atoms with Crippen LogP contribution in [0.15, 0.2) is 6.07 Å². The van der Waals surface area contributed by atoms with Crippen molar-refractivity contribution in [1.29, 1.82) is 0 Å². The molecule has 0 atom stereocenters. The van der Waals surface area contributed by atoms with E-state index in [1.165, 1.54) is 0 Å². The summed E-state index contributed by atoms with van der Waals surface area (Å²) >= 11 is 0. The molecule has 0 unspecified atom stereocenters. The van der Waals surface area contributed by atoms with Crippen molar-refractivity contribution in [2.75, 3.05) is 11.9 Å². The van der Waals surface area contributed by atoms with E-state index in [1.807, 2.05) is 20.8 Å². The van der Waals surface area contributed by atoms with Crippen LogP contribution in [0.5, 0.6) is 5.88 Å². The second kappa shape index (κ2) is 5.20. The summed E-state index contributed by atoms with van der Waals surface area (Å²) in [6.45, 7) is 6.19. The minimum atomic E-state index is 0.0970. The van der Waals surface area contributed by atoms with Crippen molar-refractivity contribution in [3.8, 4) is 18.2 Å². The Bertz CT molecular complexity index is 369. The van der Waals surface area contributed by atoms with E-state index in [1.54, 1.807) is 6.07 Å². The number of rotatable bonds is 4. The highest BCUT2D eigenvalue weighted by atomic mass is 16.5. The Kier molecular flexibility index (Phi) is 3.92. The van der Waals surface area contributed by atoms with Crippen LogP contribution < -0.4 is 10.1 Å². The Labute approximate surface area is 90.1 Å². The molecule has 1 aromatic heterocycles. The number of terminal acetylenes is 1. The van der Waals surface area contributed by atoms with Crippen molar-refractivity contribution in [1.82, 2.24) is 9.97 Å². The molecule has 15 heavy (non-hydrogen) atoms. The quantitative estimate of drug-likeness (QED) is 0.759. The molecule has 1 N–H and O–H groups in total. The first kappa shape index (κ1) is 11.3. The third kappa shape index (κ3) is 3.86. The molecule has 1 rings (SSSR count). The lowest BCUT2D eigenvalue weighted by Gasteiger charge is -2.10. The maximum atomic E-state index is 5.47. The minimum absolute atomic E-state index is 0.0970. The standard InChI is InChI=1S/C11H15N3O/c1-5-6-12-11-13-9(4)7-10(14-11)15-8(2)3/h1,7-8H,6H2,2-4H3,(H,12,13,14). The van der Waals surface area contributed by atoms with Gasteiger partial charge < -0.3 is 10.1 Å². The summed E-state index contributed by atoms with van der Waals surface area (Å²) in [5.41, 5.74) is 0.847. The molecule has 4 heteroatoms. The molecule has 0 saturated carbocycles. The number of anilines is 1. The van der Waals surface area contributed by atoms with Crippen LogP contribution in [0.25, 0.3) is 0 Å². The smallest absolute Gasteiger partial charge is 0.226 e. The summed E-state index contributed by atoms with van der Waals surface area (Å²) in [7, 11) is 0. The fourth-order valence-corrected chi connectivity index (χ4v) is 1.05. The van der Waals surface area contributed by atoms with Gasteiger partial charge in [-0.25, -0.2) is 4.98 Å². The van der Waals surface area contributed by atoms with Crippen molar-refractivity contribution in [2.45, 2.75) is 26.9 Å². The van der Waals surface area contributed by atoms with E-state index in [-0.39, 0.29) is 6.10 Å². The second-order valence-electron chi connectivity index (χ2n) is 3.40. The van der Waals surface area contributed by atoms with Gasteiger partial charge >= 0.3 is 0 Å². The topological polar surface area (TPSA) is 47.0 Å². The molecule has 4 nitrogen and oxygen atoms in total. The summed E-state index contributed by atoms with van der Waals surface area (Å²) in [6.07, 6.45) is 5.23. The molecule has 0 spiro atoms. The summed E-state index contributed by atoms with van der Waals surface area (Å²) < 4.78 is 5.47. The molecule has 0 amide bonds. The molecule has 0 saturated heterocycles. The van der Waals surface area contributed by atoms with E-state index >= 15 is 0 Å². The van der Waals surface area contributed by atoms with Crippen molar-refractivity contribution in [3.63, 3.8) is 0 Å². The number of aromatic nitrogens is 2. The van der Waals surface area contributed by atoms with Gasteiger partial charge in [0.1, 0.15) is 0 Å². The molecule has 0 aliphatic heterocycles. The zero-order chi connectivity index (χ0) is 11.3. The lowest BCUT2D eigenvalue weighted by atomic mass is 10.4. The van der Waals surface area contributed by atoms with E-state index in [0.717, 1.165) is 5.69 Å². The molecule has 80 valence electrons. The average molecular weight is 205 g/mol. The Balaban J connectivity index is 2.81. The van der Waals surface area contributed by atoms with Crippen molar-refractivity contribution < 1.29 is 4.74 Å². The largest absolute Gasteiger partial charge is 0.475 e. The van der Waals surface area contributed by atoms with Gasteiger partial charge in [0, 0.05) is 11.8 Å². The highest BCUT2D eigenvalue weighted by Crippen LogP contribution is 2.13. The van der Waals surface area contributed by atoms with Crippen molar-refractivity contribution in [3.05, 3.63) is 11.8 Å². The van der Waals surface area contributed by atoms with Gasteiger partial charge in [-0.3, -0.25) is 0 Å². The van der Waals surface area contributed by atoms with Crippen LogP contribution in [0.3, 0.4) is 0 Å². The summed E-state index contributed by atoms with van der Waals surface area (Å²) in [4.78, 5) is 8.35. The van der Waals surface area contributed by atoms with Crippen LogP contribution in [-0.4, -0.2) is 22.6 Å². The normalized spacial score (nSPS) is 9.80. The molecule has 1 aromatic rings. The molecule has 0 bridgehead atoms. The third-order valence-corrected chi connectivity index (χ3v) is 1.54. The van der Waals surface area contributed by atoms with E-state index in [2.05, 4.69) is 21.2 Å². The molecule has 0 radical (unpaired) electrons. The first-order chi connectivity index (χ1) is 7.11. The van der Waals surface area contributed by atoms with E-state index in [4.69, 9.17) is 11.2 Å². The molecule has 1 heterocycles. The number of ether oxygens (including phenoxy) is 1. The molecule has 0 fully saturated rings. The van der Waals surface area contributed by atoms with E-state index in [9.17, 15) is 0 Å². The highest BCUT2D eigenvalue weighted by molar-refractivity contribution is 5.31. The summed E-state index contributed by atoms with van der Waals surface area (Å²) in [6, 6.07) is 1.79. The van der Waals surface area contributed by atoms with Gasteiger partial charge in [0.05, 0.1) is 12.6 Å². The SMILES string of the molecule is C#CCNc1nc(C)cc(OC(C)C)n1. The first-order valence-corrected chi connectivity index (χ1v) is 4.81. The van der Waals surface area contributed by atoms with Crippen LogP contribution in [0.1, 0.15) is 19.5 Å². The molecule has 0 aliphatic carbocycles. The van der Waals surface area contributed by atoms with Gasteiger partial charge in [-0.05, 0) is 20.8 Å². The molecular formula is C11H15N3O. The van der Waals surface area contributed by atoms with Crippen molar-refractivity contribution in [2.24, 2.45) is 0 Å². The maximum absolute atomic E-state index is 5.47. The predicted molar refractivity (Wildman–Crippen MR) is 59.9 cm³/mol. The number of hydrogen-bond acceptors (Lipinski definition) is 4. The van der Waals surface area contributed by atoms with E-state index in [0.29, 0.717) is 18.4 Å². The molecule has 0 aliphatic rings. The molecule has 0 aromatic carbocycles. The van der Waals surface area contributed by atoms with Crippen molar-refractivity contribution >= 4 is 5.95 Å². The van der Waals surface area contributed by atoms with Gasteiger partial charge in [0.25, 0.3) is 0 Å². The van der Waals surface area contributed by atoms with Crippen LogP contribution >= 0.6 is 0 Å². The minimum Gasteiger partial charge on any atom is -0.475 e. The highest BCUT2D eigenvalue weighted by Gasteiger charge is 2.03.